The maximum absolute atomic E-state index is 13.4. The van der Waals surface area contributed by atoms with Crippen LogP contribution in [0, 0.1) is 11.3 Å². The molecule has 35 heavy (non-hydrogen) atoms. The summed E-state index contributed by atoms with van der Waals surface area (Å²) in [6, 6.07) is 19.4. The molecule has 2 heterocycles. The van der Waals surface area contributed by atoms with Gasteiger partial charge in [0.2, 0.25) is 0 Å². The van der Waals surface area contributed by atoms with Crippen LogP contribution >= 0.6 is 0 Å². The van der Waals surface area contributed by atoms with Crippen molar-refractivity contribution in [2.45, 2.75) is 25.2 Å². The van der Waals surface area contributed by atoms with E-state index in [1.54, 1.807) is 25.2 Å². The lowest BCUT2D eigenvalue weighted by atomic mass is 9.75. The van der Waals surface area contributed by atoms with Gasteiger partial charge in [0, 0.05) is 29.3 Å². The van der Waals surface area contributed by atoms with Crippen molar-refractivity contribution in [1.29, 1.82) is 5.26 Å². The summed E-state index contributed by atoms with van der Waals surface area (Å²) >= 11 is 0. The van der Waals surface area contributed by atoms with Gasteiger partial charge in [-0.05, 0) is 24.5 Å². The number of ether oxygens (including phenoxy) is 2. The number of allylic oxidation sites excluding steroid dienone is 3. The van der Waals surface area contributed by atoms with Crippen LogP contribution in [-0.2, 0) is 4.79 Å². The molecular weight excluding hydrogens is 442 g/mol. The number of aromatic nitrogens is 2. The van der Waals surface area contributed by atoms with E-state index in [2.05, 4.69) is 16.3 Å². The summed E-state index contributed by atoms with van der Waals surface area (Å²) in [4.78, 5) is 15.1. The largest absolute Gasteiger partial charge is 0.493 e. The van der Waals surface area contributed by atoms with Crippen LogP contribution in [0.1, 0.15) is 30.7 Å². The fourth-order valence-corrected chi connectivity index (χ4v) is 4.99. The molecule has 8 heteroatoms. The van der Waals surface area contributed by atoms with E-state index in [1.165, 1.54) is 0 Å². The molecule has 0 spiro atoms. The number of nitrogens with one attached hydrogen (secondary N) is 1. The van der Waals surface area contributed by atoms with E-state index in [1.807, 2.05) is 48.5 Å². The average Bonchev–Trinajstić information content (AvgIpc) is 3.38. The molecule has 0 saturated heterocycles. The molecule has 2 aromatic carbocycles. The maximum atomic E-state index is 13.4. The van der Waals surface area contributed by atoms with Crippen molar-refractivity contribution in [3.63, 3.8) is 0 Å². The average molecular weight is 468 g/mol. The molecule has 1 aliphatic carbocycles. The highest BCUT2D eigenvalue weighted by Crippen LogP contribution is 2.49. The second kappa shape index (κ2) is 9.03. The van der Waals surface area contributed by atoms with Crippen molar-refractivity contribution in [2.24, 2.45) is 5.73 Å². The summed E-state index contributed by atoms with van der Waals surface area (Å²) < 4.78 is 11.1. The van der Waals surface area contributed by atoms with Crippen LogP contribution in [0.2, 0.25) is 0 Å². The van der Waals surface area contributed by atoms with Crippen molar-refractivity contribution in [3.8, 4) is 28.8 Å². The van der Waals surface area contributed by atoms with E-state index in [4.69, 9.17) is 15.2 Å². The number of carbonyl (C=O) groups is 1. The van der Waals surface area contributed by atoms with Gasteiger partial charge in [0.05, 0.1) is 37.5 Å². The van der Waals surface area contributed by atoms with Crippen LogP contribution in [0.3, 0.4) is 0 Å². The lowest BCUT2D eigenvalue weighted by Gasteiger charge is -2.38. The number of Topliss-reactive ketones (excluding diaryl/α,β-unsaturated/α-hetero) is 1. The molecule has 0 fully saturated rings. The first-order valence-electron chi connectivity index (χ1n) is 11.4. The number of nitrogens with two attached hydrogens (primary N) is 1. The summed E-state index contributed by atoms with van der Waals surface area (Å²) in [5.74, 6) is 1.12. The molecule has 3 N–H and O–H groups in total. The Labute approximate surface area is 203 Å². The zero-order valence-corrected chi connectivity index (χ0v) is 19.5. The van der Waals surface area contributed by atoms with Gasteiger partial charge in [-0.25, -0.2) is 0 Å². The molecule has 8 nitrogen and oxygen atoms in total. The van der Waals surface area contributed by atoms with Gasteiger partial charge in [-0.15, -0.1) is 0 Å². The van der Waals surface area contributed by atoms with Crippen LogP contribution in [0.4, 0.5) is 5.82 Å². The van der Waals surface area contributed by atoms with Crippen molar-refractivity contribution in [3.05, 3.63) is 82.8 Å². The smallest absolute Gasteiger partial charge is 0.164 e. The predicted molar refractivity (Wildman–Crippen MR) is 132 cm³/mol. The number of anilines is 1. The molecule has 0 saturated carbocycles. The number of rotatable bonds is 5. The summed E-state index contributed by atoms with van der Waals surface area (Å²) in [5.41, 5.74) is 10.7. The number of carbonyl (C=O) groups excluding carboxylic acids is 1. The number of nitriles is 1. The molecule has 2 aliphatic rings. The molecule has 5 rings (SSSR count). The molecule has 1 aromatic heterocycles. The van der Waals surface area contributed by atoms with Gasteiger partial charge in [0.15, 0.2) is 23.1 Å². The lowest BCUT2D eigenvalue weighted by molar-refractivity contribution is -0.116. The SMILES string of the molecule is COc1cccc(C2C(C#N)=C(N)N(c3cc(-c4ccccc4)[nH]n3)C3=C2C(=O)CCC3)c1OC. The highest BCUT2D eigenvalue weighted by molar-refractivity contribution is 6.01. The Kier molecular flexibility index (Phi) is 5.75. The molecule has 1 aliphatic heterocycles. The quantitative estimate of drug-likeness (QED) is 0.571. The number of nitrogens with zero attached hydrogens (tertiary/aromatic N) is 3. The van der Waals surface area contributed by atoms with Gasteiger partial charge < -0.3 is 15.2 Å². The van der Waals surface area contributed by atoms with E-state index in [9.17, 15) is 10.1 Å². The van der Waals surface area contributed by atoms with Crippen molar-refractivity contribution >= 4 is 11.6 Å². The molecule has 176 valence electrons. The minimum Gasteiger partial charge on any atom is -0.493 e. The Balaban J connectivity index is 1.71. The summed E-state index contributed by atoms with van der Waals surface area (Å²) in [6.45, 7) is 0. The molecule has 0 amide bonds. The molecule has 3 aromatic rings. The number of ketones is 1. The normalized spacial score (nSPS) is 17.8. The van der Waals surface area contributed by atoms with E-state index in [0.29, 0.717) is 47.7 Å². The number of aromatic amines is 1. The molecule has 0 bridgehead atoms. The standard InChI is InChI=1S/C27H25N5O3/c1-34-22-13-6-10-17(26(22)35-2)24-18(15-28)27(29)32(20-11-7-12-21(33)25(20)24)23-14-19(30-31-23)16-8-4-3-5-9-16/h3-6,8-10,13-14,24H,7,11-12,29H2,1-2H3,(H,30,31). The second-order valence-electron chi connectivity index (χ2n) is 8.40. The van der Waals surface area contributed by atoms with Crippen molar-refractivity contribution < 1.29 is 14.3 Å². The zero-order valence-electron chi connectivity index (χ0n) is 19.5. The Hall–Kier alpha value is -4.51. The highest BCUT2D eigenvalue weighted by Gasteiger charge is 2.42. The third kappa shape index (κ3) is 3.62. The summed E-state index contributed by atoms with van der Waals surface area (Å²) in [7, 11) is 3.10. The molecule has 1 unspecified atom stereocenters. The summed E-state index contributed by atoms with van der Waals surface area (Å²) in [6.07, 6.45) is 1.74. The van der Waals surface area contributed by atoms with E-state index < -0.39 is 5.92 Å². The molecular formula is C27H25N5O3. The zero-order chi connectivity index (χ0) is 24.5. The number of benzene rings is 2. The third-order valence-corrected chi connectivity index (χ3v) is 6.54. The number of H-pyrrole nitrogens is 1. The number of para-hydroxylation sites is 1. The van der Waals surface area contributed by atoms with Gasteiger partial charge in [0.25, 0.3) is 0 Å². The van der Waals surface area contributed by atoms with Gasteiger partial charge >= 0.3 is 0 Å². The monoisotopic (exact) mass is 467 g/mol. The Morgan fingerprint density at radius 3 is 2.63 bits per heavy atom. The number of hydrogen-bond acceptors (Lipinski definition) is 7. The van der Waals surface area contributed by atoms with Crippen LogP contribution in [0.25, 0.3) is 11.3 Å². The minimum atomic E-state index is -0.656. The van der Waals surface area contributed by atoms with Gasteiger partial charge in [-0.3, -0.25) is 14.8 Å². The Bertz CT molecular complexity index is 1400. The van der Waals surface area contributed by atoms with Crippen LogP contribution in [0.5, 0.6) is 11.5 Å². The fourth-order valence-electron chi connectivity index (χ4n) is 4.99. The van der Waals surface area contributed by atoms with Gasteiger partial charge in [0.1, 0.15) is 5.82 Å². The van der Waals surface area contributed by atoms with Crippen LogP contribution in [0.15, 0.2) is 77.3 Å². The second-order valence-corrected chi connectivity index (χ2v) is 8.40. The first kappa shape index (κ1) is 22.3. The third-order valence-electron chi connectivity index (χ3n) is 6.54. The highest BCUT2D eigenvalue weighted by atomic mass is 16.5. The minimum absolute atomic E-state index is 0.00908. The summed E-state index contributed by atoms with van der Waals surface area (Å²) in [5, 5.41) is 17.8. The van der Waals surface area contributed by atoms with E-state index in [-0.39, 0.29) is 17.2 Å². The number of methoxy groups -OCH3 is 2. The van der Waals surface area contributed by atoms with E-state index >= 15 is 0 Å². The van der Waals surface area contributed by atoms with Gasteiger partial charge in [-0.1, -0.05) is 42.5 Å². The Morgan fingerprint density at radius 1 is 1.11 bits per heavy atom. The Morgan fingerprint density at radius 2 is 1.91 bits per heavy atom. The van der Waals surface area contributed by atoms with Crippen LogP contribution in [-0.4, -0.2) is 30.2 Å². The first-order chi connectivity index (χ1) is 17.1. The maximum Gasteiger partial charge on any atom is 0.164 e. The lowest BCUT2D eigenvalue weighted by Crippen LogP contribution is -2.39. The van der Waals surface area contributed by atoms with Crippen LogP contribution < -0.4 is 20.1 Å². The van der Waals surface area contributed by atoms with Crippen molar-refractivity contribution in [1.82, 2.24) is 10.2 Å². The number of hydrogen-bond donors (Lipinski definition) is 2. The predicted octanol–water partition coefficient (Wildman–Crippen LogP) is 4.40. The topological polar surface area (TPSA) is 117 Å². The first-order valence-corrected chi connectivity index (χ1v) is 11.4. The molecule has 1 atom stereocenters. The van der Waals surface area contributed by atoms with Gasteiger partial charge in [-0.2, -0.15) is 10.4 Å². The van der Waals surface area contributed by atoms with E-state index in [0.717, 1.165) is 17.0 Å². The molecule has 0 radical (unpaired) electrons. The fraction of sp³-hybridized carbons (Fsp3) is 0.222. The van der Waals surface area contributed by atoms with Crippen molar-refractivity contribution in [2.75, 3.05) is 19.1 Å².